The summed E-state index contributed by atoms with van der Waals surface area (Å²) in [5.74, 6) is 1.28. The Morgan fingerprint density at radius 2 is 2.00 bits per heavy atom. The fraction of sp³-hybridized carbons (Fsp3) is 0.353. The number of aromatic nitrogens is 2. The van der Waals surface area contributed by atoms with E-state index in [1.54, 1.807) is 25.3 Å². The molecule has 0 atom stereocenters. The Hall–Kier alpha value is -2.52. The number of hydrogen-bond acceptors (Lipinski definition) is 6. The fourth-order valence-electron chi connectivity index (χ4n) is 2.46. The number of anilines is 2. The van der Waals surface area contributed by atoms with Gasteiger partial charge in [0.05, 0.1) is 20.3 Å². The molecular formula is C17H20FN5O2S. The second-order valence-corrected chi connectivity index (χ2v) is 6.03. The molecule has 1 aromatic carbocycles. The van der Waals surface area contributed by atoms with E-state index in [9.17, 15) is 4.39 Å². The first-order valence-electron chi connectivity index (χ1n) is 8.19. The molecule has 0 aliphatic carbocycles. The highest BCUT2D eigenvalue weighted by molar-refractivity contribution is 7.80. The van der Waals surface area contributed by atoms with Gasteiger partial charge in [0.1, 0.15) is 11.6 Å². The molecule has 9 heteroatoms. The molecule has 2 aromatic rings. The van der Waals surface area contributed by atoms with Crippen LogP contribution in [0.2, 0.25) is 0 Å². The molecule has 3 rings (SSSR count). The maximum absolute atomic E-state index is 12.9. The maximum atomic E-state index is 12.9. The van der Waals surface area contributed by atoms with Gasteiger partial charge >= 0.3 is 0 Å². The van der Waals surface area contributed by atoms with Crippen LogP contribution in [0, 0.1) is 5.82 Å². The van der Waals surface area contributed by atoms with Gasteiger partial charge in [0.15, 0.2) is 5.11 Å². The molecule has 0 bridgehead atoms. The van der Waals surface area contributed by atoms with E-state index in [4.69, 9.17) is 21.7 Å². The van der Waals surface area contributed by atoms with Crippen LogP contribution in [0.3, 0.4) is 0 Å². The summed E-state index contributed by atoms with van der Waals surface area (Å²) in [6, 6.07) is 8.00. The smallest absolute Gasteiger partial charge is 0.234 e. The van der Waals surface area contributed by atoms with Crippen LogP contribution in [0.5, 0.6) is 5.88 Å². The van der Waals surface area contributed by atoms with E-state index in [1.165, 1.54) is 12.1 Å². The van der Waals surface area contributed by atoms with Crippen molar-refractivity contribution < 1.29 is 13.9 Å². The lowest BCUT2D eigenvalue weighted by Gasteiger charge is -2.28. The van der Waals surface area contributed by atoms with Crippen molar-refractivity contribution in [2.45, 2.75) is 6.54 Å². The van der Waals surface area contributed by atoms with Crippen LogP contribution in [0.1, 0.15) is 5.56 Å². The average molecular weight is 377 g/mol. The van der Waals surface area contributed by atoms with Crippen LogP contribution in [0.4, 0.5) is 16.2 Å². The number of ether oxygens (including phenoxy) is 2. The lowest BCUT2D eigenvalue weighted by molar-refractivity contribution is 0.122. The molecule has 138 valence electrons. The van der Waals surface area contributed by atoms with Crippen LogP contribution in [0.15, 0.2) is 30.3 Å². The van der Waals surface area contributed by atoms with Crippen LogP contribution in [-0.2, 0) is 11.3 Å². The van der Waals surface area contributed by atoms with Crippen LogP contribution in [-0.4, -0.2) is 48.5 Å². The molecule has 1 aromatic heterocycles. The van der Waals surface area contributed by atoms with Crippen molar-refractivity contribution in [2.24, 2.45) is 0 Å². The quantitative estimate of drug-likeness (QED) is 0.766. The number of thiocarbonyl (C=S) groups is 1. The molecule has 0 saturated carbocycles. The van der Waals surface area contributed by atoms with Crippen LogP contribution < -0.4 is 20.3 Å². The Bertz CT molecular complexity index is 753. The lowest BCUT2D eigenvalue weighted by Crippen LogP contribution is -2.37. The largest absolute Gasteiger partial charge is 0.481 e. The van der Waals surface area contributed by atoms with E-state index in [-0.39, 0.29) is 5.82 Å². The van der Waals surface area contributed by atoms with Crippen molar-refractivity contribution >= 4 is 29.1 Å². The number of rotatable bonds is 5. The van der Waals surface area contributed by atoms with Crippen molar-refractivity contribution in [2.75, 3.05) is 43.6 Å². The van der Waals surface area contributed by atoms with E-state index in [0.29, 0.717) is 36.7 Å². The Morgan fingerprint density at radius 3 is 2.69 bits per heavy atom. The van der Waals surface area contributed by atoms with Gasteiger partial charge in [0.2, 0.25) is 11.8 Å². The Balaban J connectivity index is 1.63. The minimum absolute atomic E-state index is 0.269. The Kier molecular flexibility index (Phi) is 6.13. The monoisotopic (exact) mass is 377 g/mol. The molecule has 1 aliphatic heterocycles. The molecule has 0 radical (unpaired) electrons. The standard InChI is InChI=1S/C17H20FN5O2S/c1-24-15-10-14(23-6-8-25-9-7-23)20-16(21-15)22-17(26)19-11-12-2-4-13(18)5-3-12/h2-5,10H,6-9,11H2,1H3,(H2,19,20,21,22,26). The van der Waals surface area contributed by atoms with Crippen molar-refractivity contribution in [1.29, 1.82) is 0 Å². The number of morpholine rings is 1. The number of nitrogens with zero attached hydrogens (tertiary/aromatic N) is 3. The van der Waals surface area contributed by atoms with Gasteiger partial charge < -0.3 is 25.0 Å². The van der Waals surface area contributed by atoms with Gasteiger partial charge in [0, 0.05) is 25.7 Å². The summed E-state index contributed by atoms with van der Waals surface area (Å²) in [5.41, 5.74) is 0.913. The van der Waals surface area contributed by atoms with Crippen molar-refractivity contribution in [1.82, 2.24) is 15.3 Å². The second-order valence-electron chi connectivity index (χ2n) is 5.63. The molecule has 7 nitrogen and oxygen atoms in total. The SMILES string of the molecule is COc1cc(N2CCOCC2)nc(NC(=S)NCc2ccc(F)cc2)n1. The second kappa shape index (κ2) is 8.72. The Labute approximate surface area is 156 Å². The molecule has 0 unspecified atom stereocenters. The molecule has 0 spiro atoms. The molecular weight excluding hydrogens is 357 g/mol. The summed E-state index contributed by atoms with van der Waals surface area (Å²) >= 11 is 5.29. The number of hydrogen-bond donors (Lipinski definition) is 2. The average Bonchev–Trinajstić information content (AvgIpc) is 2.68. The van der Waals surface area contributed by atoms with Gasteiger partial charge in [-0.3, -0.25) is 0 Å². The minimum Gasteiger partial charge on any atom is -0.481 e. The van der Waals surface area contributed by atoms with Gasteiger partial charge in [-0.05, 0) is 29.9 Å². The zero-order valence-corrected chi connectivity index (χ0v) is 15.2. The first-order chi connectivity index (χ1) is 12.6. The molecule has 2 N–H and O–H groups in total. The van der Waals surface area contributed by atoms with E-state index in [0.717, 1.165) is 24.5 Å². The number of benzene rings is 1. The summed E-state index contributed by atoms with van der Waals surface area (Å²) in [5, 5.41) is 6.38. The van der Waals surface area contributed by atoms with E-state index in [2.05, 4.69) is 25.5 Å². The third kappa shape index (κ3) is 4.99. The first-order valence-corrected chi connectivity index (χ1v) is 8.60. The maximum Gasteiger partial charge on any atom is 0.234 e. The van der Waals surface area contributed by atoms with Crippen LogP contribution >= 0.6 is 12.2 Å². The van der Waals surface area contributed by atoms with E-state index >= 15 is 0 Å². The van der Waals surface area contributed by atoms with Gasteiger partial charge in [0.25, 0.3) is 0 Å². The van der Waals surface area contributed by atoms with E-state index in [1.807, 2.05) is 0 Å². The minimum atomic E-state index is -0.269. The number of nitrogens with one attached hydrogen (secondary N) is 2. The van der Waals surface area contributed by atoms with Crippen molar-refractivity contribution in [3.63, 3.8) is 0 Å². The first kappa shape index (κ1) is 18.3. The van der Waals surface area contributed by atoms with Crippen molar-refractivity contribution in [3.8, 4) is 5.88 Å². The zero-order chi connectivity index (χ0) is 18.4. The topological polar surface area (TPSA) is 71.5 Å². The van der Waals surface area contributed by atoms with Crippen LogP contribution in [0.25, 0.3) is 0 Å². The van der Waals surface area contributed by atoms with Gasteiger partial charge in [-0.25, -0.2) is 4.39 Å². The number of methoxy groups -OCH3 is 1. The molecule has 26 heavy (non-hydrogen) atoms. The fourth-order valence-corrected chi connectivity index (χ4v) is 2.62. The van der Waals surface area contributed by atoms with Gasteiger partial charge in [-0.1, -0.05) is 12.1 Å². The number of halogens is 1. The predicted octanol–water partition coefficient (Wildman–Crippen LogP) is 1.95. The summed E-state index contributed by atoms with van der Waals surface area (Å²) in [6.07, 6.45) is 0. The van der Waals surface area contributed by atoms with Gasteiger partial charge in [-0.2, -0.15) is 9.97 Å². The molecule has 1 saturated heterocycles. The molecule has 2 heterocycles. The normalized spacial score (nSPS) is 14.0. The van der Waals surface area contributed by atoms with E-state index < -0.39 is 0 Å². The zero-order valence-electron chi connectivity index (χ0n) is 14.4. The summed E-state index contributed by atoms with van der Waals surface area (Å²) in [7, 11) is 1.56. The summed E-state index contributed by atoms with van der Waals surface area (Å²) < 4.78 is 23.6. The molecule has 0 amide bonds. The predicted molar refractivity (Wildman–Crippen MR) is 101 cm³/mol. The molecule has 1 aliphatic rings. The van der Waals surface area contributed by atoms with Gasteiger partial charge in [-0.15, -0.1) is 0 Å². The summed E-state index contributed by atoms with van der Waals surface area (Å²) in [6.45, 7) is 3.30. The highest BCUT2D eigenvalue weighted by Gasteiger charge is 2.15. The Morgan fingerprint density at radius 1 is 1.27 bits per heavy atom. The highest BCUT2D eigenvalue weighted by atomic mass is 32.1. The third-order valence-electron chi connectivity index (χ3n) is 3.83. The highest BCUT2D eigenvalue weighted by Crippen LogP contribution is 2.20. The summed E-state index contributed by atoms with van der Waals surface area (Å²) in [4.78, 5) is 10.9. The third-order valence-corrected chi connectivity index (χ3v) is 4.07. The van der Waals surface area contributed by atoms with Crippen molar-refractivity contribution in [3.05, 3.63) is 41.7 Å². The lowest BCUT2D eigenvalue weighted by atomic mass is 10.2. The molecule has 1 fully saturated rings.